The highest BCUT2D eigenvalue weighted by atomic mass is 19.3. The van der Waals surface area contributed by atoms with Crippen LogP contribution >= 0.6 is 0 Å². The fraction of sp³-hybridized carbons (Fsp3) is 0.625. The Morgan fingerprint density at radius 2 is 1.70 bits per heavy atom. The van der Waals surface area contributed by atoms with Gasteiger partial charge in [-0.3, -0.25) is 0 Å². The first-order valence-corrected chi connectivity index (χ1v) is 7.39. The lowest BCUT2D eigenvalue weighted by Gasteiger charge is -2.24. The summed E-state index contributed by atoms with van der Waals surface area (Å²) in [5, 5.41) is 9.51. The highest BCUT2D eigenvalue weighted by Gasteiger charge is 2.42. The lowest BCUT2D eigenvalue weighted by atomic mass is 9.99. The molecule has 3 atom stereocenters. The largest absolute Gasteiger partial charge is 0.462 e. The molecule has 0 heterocycles. The molecule has 0 aliphatic heterocycles. The molecule has 1 rings (SSSR count). The number of benzene rings is 1. The molecule has 7 heteroatoms. The number of ether oxygens (including phenoxy) is 2. The molecule has 0 bridgehead atoms. The zero-order chi connectivity index (χ0) is 17.6. The van der Waals surface area contributed by atoms with Crippen molar-refractivity contribution in [1.29, 1.82) is 0 Å². The molecule has 0 fully saturated rings. The third-order valence-electron chi connectivity index (χ3n) is 3.47. The van der Waals surface area contributed by atoms with Gasteiger partial charge in [-0.2, -0.15) is 8.78 Å². The maximum atomic E-state index is 12.9. The SMILES string of the molecule is CCC(C)c1ccc(OC(OCC(F)(F)C(F)F)C(C)O)cc1. The van der Waals surface area contributed by atoms with Crippen LogP contribution in [-0.2, 0) is 4.74 Å². The van der Waals surface area contributed by atoms with Gasteiger partial charge in [-0.1, -0.05) is 26.0 Å². The van der Waals surface area contributed by atoms with Crippen molar-refractivity contribution in [2.24, 2.45) is 0 Å². The van der Waals surface area contributed by atoms with Gasteiger partial charge in [0.15, 0.2) is 0 Å². The van der Waals surface area contributed by atoms with Crippen molar-refractivity contribution < 1.29 is 32.1 Å². The van der Waals surface area contributed by atoms with Crippen molar-refractivity contribution in [2.45, 2.75) is 57.9 Å². The molecular weight excluding hydrogens is 316 g/mol. The summed E-state index contributed by atoms with van der Waals surface area (Å²) in [4.78, 5) is 0. The highest BCUT2D eigenvalue weighted by Crippen LogP contribution is 2.25. The summed E-state index contributed by atoms with van der Waals surface area (Å²) < 4.78 is 59.9. The van der Waals surface area contributed by atoms with Gasteiger partial charge in [0.25, 0.3) is 0 Å². The second kappa shape index (κ2) is 8.49. The summed E-state index contributed by atoms with van der Waals surface area (Å²) in [5.41, 5.74) is 1.08. The quantitative estimate of drug-likeness (QED) is 0.542. The van der Waals surface area contributed by atoms with Crippen molar-refractivity contribution in [2.75, 3.05) is 6.61 Å². The number of alkyl halides is 4. The van der Waals surface area contributed by atoms with Gasteiger partial charge in [-0.25, -0.2) is 8.78 Å². The summed E-state index contributed by atoms with van der Waals surface area (Å²) in [6.07, 6.45) is -5.61. The summed E-state index contributed by atoms with van der Waals surface area (Å²) in [7, 11) is 0. The smallest absolute Gasteiger partial charge is 0.330 e. The second-order valence-electron chi connectivity index (χ2n) is 5.48. The molecule has 132 valence electrons. The first-order valence-electron chi connectivity index (χ1n) is 7.39. The first kappa shape index (κ1) is 19.7. The van der Waals surface area contributed by atoms with E-state index in [1.54, 1.807) is 12.1 Å². The van der Waals surface area contributed by atoms with Gasteiger partial charge in [0.2, 0.25) is 6.29 Å². The summed E-state index contributed by atoms with van der Waals surface area (Å²) in [6.45, 7) is 3.84. The fourth-order valence-electron chi connectivity index (χ4n) is 1.77. The van der Waals surface area contributed by atoms with Gasteiger partial charge < -0.3 is 14.6 Å². The van der Waals surface area contributed by atoms with Crippen molar-refractivity contribution in [3.63, 3.8) is 0 Å². The van der Waals surface area contributed by atoms with E-state index >= 15 is 0 Å². The van der Waals surface area contributed by atoms with Crippen molar-refractivity contribution >= 4 is 0 Å². The number of halogens is 4. The number of aliphatic hydroxyl groups excluding tert-OH is 1. The molecule has 0 spiro atoms. The van der Waals surface area contributed by atoms with Crippen LogP contribution in [0.25, 0.3) is 0 Å². The molecule has 1 aromatic carbocycles. The van der Waals surface area contributed by atoms with Gasteiger partial charge in [0, 0.05) is 0 Å². The number of aliphatic hydroxyl groups is 1. The monoisotopic (exact) mass is 338 g/mol. The normalized spacial score (nSPS) is 16.2. The third-order valence-corrected chi connectivity index (χ3v) is 3.47. The van der Waals surface area contributed by atoms with E-state index in [0.29, 0.717) is 11.7 Å². The molecule has 0 aliphatic rings. The van der Waals surface area contributed by atoms with Crippen LogP contribution in [0.4, 0.5) is 17.6 Å². The van der Waals surface area contributed by atoms with E-state index in [2.05, 4.69) is 18.6 Å². The second-order valence-corrected chi connectivity index (χ2v) is 5.48. The minimum Gasteiger partial charge on any atom is -0.462 e. The summed E-state index contributed by atoms with van der Waals surface area (Å²) in [6, 6.07) is 6.86. The molecule has 0 saturated heterocycles. The first-order chi connectivity index (χ1) is 10.7. The maximum Gasteiger partial charge on any atom is 0.330 e. The predicted octanol–water partition coefficient (Wildman–Crippen LogP) is 4.20. The highest BCUT2D eigenvalue weighted by molar-refractivity contribution is 5.29. The Labute approximate surface area is 133 Å². The Balaban J connectivity index is 2.69. The van der Waals surface area contributed by atoms with Crippen LogP contribution in [0.15, 0.2) is 24.3 Å². The Hall–Kier alpha value is -1.34. The predicted molar refractivity (Wildman–Crippen MR) is 78.1 cm³/mol. The van der Waals surface area contributed by atoms with Crippen molar-refractivity contribution in [3.8, 4) is 5.75 Å². The molecule has 23 heavy (non-hydrogen) atoms. The number of rotatable bonds is 9. The van der Waals surface area contributed by atoms with E-state index in [1.165, 1.54) is 6.92 Å². The minimum absolute atomic E-state index is 0.295. The summed E-state index contributed by atoms with van der Waals surface area (Å²) >= 11 is 0. The molecule has 0 saturated carbocycles. The topological polar surface area (TPSA) is 38.7 Å². The minimum atomic E-state index is -4.29. The molecule has 0 aliphatic carbocycles. The van der Waals surface area contributed by atoms with Crippen LogP contribution in [0.1, 0.15) is 38.7 Å². The van der Waals surface area contributed by atoms with Crippen LogP contribution in [-0.4, -0.2) is 36.5 Å². The molecule has 1 aromatic rings. The molecular formula is C16H22F4O3. The van der Waals surface area contributed by atoms with E-state index < -0.39 is 31.3 Å². The van der Waals surface area contributed by atoms with Gasteiger partial charge in [0.1, 0.15) is 18.5 Å². The van der Waals surface area contributed by atoms with Gasteiger partial charge in [-0.05, 0) is 37.0 Å². The van der Waals surface area contributed by atoms with Gasteiger partial charge in [0.05, 0.1) is 0 Å². The van der Waals surface area contributed by atoms with E-state index in [4.69, 9.17) is 4.74 Å². The Bertz CT molecular complexity index is 463. The zero-order valence-corrected chi connectivity index (χ0v) is 13.3. The molecule has 3 unspecified atom stereocenters. The lowest BCUT2D eigenvalue weighted by Crippen LogP contribution is -2.39. The lowest BCUT2D eigenvalue weighted by molar-refractivity contribution is -0.217. The van der Waals surface area contributed by atoms with Crippen LogP contribution in [0, 0.1) is 0 Å². The Kier molecular flexibility index (Phi) is 7.28. The van der Waals surface area contributed by atoms with Crippen LogP contribution in [0.5, 0.6) is 5.75 Å². The fourth-order valence-corrected chi connectivity index (χ4v) is 1.77. The van der Waals surface area contributed by atoms with E-state index in [1.807, 2.05) is 12.1 Å². The van der Waals surface area contributed by atoms with Crippen LogP contribution in [0.3, 0.4) is 0 Å². The molecule has 0 amide bonds. The molecule has 3 nitrogen and oxygen atoms in total. The zero-order valence-electron chi connectivity index (χ0n) is 13.3. The third kappa shape index (κ3) is 5.99. The average Bonchev–Trinajstić information content (AvgIpc) is 2.50. The van der Waals surface area contributed by atoms with Gasteiger partial charge >= 0.3 is 12.3 Å². The number of hydrogen-bond acceptors (Lipinski definition) is 3. The molecule has 1 N–H and O–H groups in total. The average molecular weight is 338 g/mol. The molecule has 0 radical (unpaired) electrons. The van der Waals surface area contributed by atoms with E-state index in [9.17, 15) is 22.7 Å². The van der Waals surface area contributed by atoms with Crippen molar-refractivity contribution in [1.82, 2.24) is 0 Å². The standard InChI is InChI=1S/C16H22F4O3/c1-4-10(2)12-5-7-13(8-6-12)23-14(11(3)21)22-9-16(19,20)15(17)18/h5-8,10-11,14-15,21H,4,9H2,1-3H3. The number of hydrogen-bond donors (Lipinski definition) is 1. The summed E-state index contributed by atoms with van der Waals surface area (Å²) in [5.74, 6) is -3.64. The van der Waals surface area contributed by atoms with E-state index in [0.717, 1.165) is 12.0 Å². The maximum absolute atomic E-state index is 12.9. The van der Waals surface area contributed by atoms with Crippen LogP contribution in [0.2, 0.25) is 0 Å². The van der Waals surface area contributed by atoms with E-state index in [-0.39, 0.29) is 0 Å². The van der Waals surface area contributed by atoms with Crippen LogP contribution < -0.4 is 4.74 Å². The Morgan fingerprint density at radius 3 is 2.13 bits per heavy atom. The Morgan fingerprint density at radius 1 is 1.13 bits per heavy atom. The molecule has 0 aromatic heterocycles. The van der Waals surface area contributed by atoms with Crippen molar-refractivity contribution in [3.05, 3.63) is 29.8 Å². The van der Waals surface area contributed by atoms with Gasteiger partial charge in [-0.15, -0.1) is 0 Å².